The van der Waals surface area contributed by atoms with Gasteiger partial charge in [-0.15, -0.1) is 0 Å². The molecule has 16 heavy (non-hydrogen) atoms. The zero-order valence-corrected chi connectivity index (χ0v) is 8.85. The molecule has 3 rings (SSSR count). The van der Waals surface area contributed by atoms with Crippen molar-refractivity contribution in [2.24, 2.45) is 0 Å². The zero-order valence-electron chi connectivity index (χ0n) is 8.85. The molecule has 0 aliphatic rings. The van der Waals surface area contributed by atoms with Crippen molar-refractivity contribution in [2.75, 3.05) is 0 Å². The summed E-state index contributed by atoms with van der Waals surface area (Å²) in [5.41, 5.74) is 3.42. The first kappa shape index (κ1) is 9.16. The molecule has 2 aromatic carbocycles. The predicted octanol–water partition coefficient (Wildman–Crippen LogP) is 3.40. The van der Waals surface area contributed by atoms with Crippen LogP contribution in [0.25, 0.3) is 11.0 Å². The Morgan fingerprint density at radius 3 is 2.50 bits per heavy atom. The van der Waals surface area contributed by atoms with E-state index in [-0.39, 0.29) is 1.43 Å². The molecule has 0 unspecified atom stereocenters. The van der Waals surface area contributed by atoms with Crippen LogP contribution in [0.2, 0.25) is 0 Å². The van der Waals surface area contributed by atoms with E-state index in [4.69, 9.17) is 0 Å². The van der Waals surface area contributed by atoms with E-state index in [0.717, 1.165) is 23.3 Å². The normalized spacial score (nSPS) is 10.8. The zero-order chi connectivity index (χ0) is 10.8. The van der Waals surface area contributed by atoms with E-state index in [1.807, 2.05) is 24.3 Å². The first-order chi connectivity index (χ1) is 7.92. The summed E-state index contributed by atoms with van der Waals surface area (Å²) in [5.74, 6) is 1.02. The maximum Gasteiger partial charge on any atom is 0.111 e. The fourth-order valence-electron chi connectivity index (χ4n) is 1.88. The smallest absolute Gasteiger partial charge is 0.111 e. The van der Waals surface area contributed by atoms with Gasteiger partial charge in [-0.25, -0.2) is 4.98 Å². The van der Waals surface area contributed by atoms with Gasteiger partial charge in [0.25, 0.3) is 0 Å². The number of aromatic amines is 1. The summed E-state index contributed by atoms with van der Waals surface area (Å²) in [6.07, 6.45) is 0.857. The highest BCUT2D eigenvalue weighted by Crippen LogP contribution is 2.13. The number of imidazole rings is 1. The number of hydrogen-bond acceptors (Lipinski definition) is 1. The molecule has 2 heteroatoms. The SMILES string of the molecule is [HH].c1ccc(Cc2nc3ccccc3[nH]2)cc1. The lowest BCUT2D eigenvalue weighted by Crippen LogP contribution is -1.89. The largest absolute Gasteiger partial charge is 0.342 e. The average molecular weight is 210 g/mol. The minimum absolute atomic E-state index is 0. The number of rotatable bonds is 2. The molecule has 0 bridgehead atoms. The molecular weight excluding hydrogens is 196 g/mol. The molecule has 0 aliphatic carbocycles. The van der Waals surface area contributed by atoms with Gasteiger partial charge < -0.3 is 4.98 Å². The van der Waals surface area contributed by atoms with E-state index in [1.54, 1.807) is 0 Å². The molecular formula is C14H14N2. The molecule has 1 heterocycles. The van der Waals surface area contributed by atoms with Gasteiger partial charge in [0.1, 0.15) is 5.82 Å². The van der Waals surface area contributed by atoms with E-state index >= 15 is 0 Å². The summed E-state index contributed by atoms with van der Waals surface area (Å²) < 4.78 is 0. The first-order valence-electron chi connectivity index (χ1n) is 5.39. The van der Waals surface area contributed by atoms with Crippen molar-refractivity contribution >= 4 is 11.0 Å². The van der Waals surface area contributed by atoms with Crippen molar-refractivity contribution in [2.45, 2.75) is 6.42 Å². The Bertz CT molecular complexity index is 569. The molecule has 0 atom stereocenters. The maximum absolute atomic E-state index is 4.55. The third-order valence-corrected chi connectivity index (χ3v) is 2.65. The van der Waals surface area contributed by atoms with E-state index < -0.39 is 0 Å². The molecule has 2 nitrogen and oxygen atoms in total. The standard InChI is InChI=1S/C14H12N2.H2/c1-2-6-11(7-3-1)10-14-15-12-8-4-5-9-13(12)16-14;/h1-9H,10H2,(H,15,16);1H. The lowest BCUT2D eigenvalue weighted by molar-refractivity contribution is 1.04. The first-order valence-corrected chi connectivity index (χ1v) is 5.39. The monoisotopic (exact) mass is 210 g/mol. The van der Waals surface area contributed by atoms with E-state index in [0.29, 0.717) is 0 Å². The summed E-state index contributed by atoms with van der Waals surface area (Å²) in [5, 5.41) is 0. The van der Waals surface area contributed by atoms with E-state index in [9.17, 15) is 0 Å². The number of nitrogens with one attached hydrogen (secondary N) is 1. The van der Waals surface area contributed by atoms with Gasteiger partial charge in [0, 0.05) is 7.85 Å². The Kier molecular flexibility index (Phi) is 2.18. The van der Waals surface area contributed by atoms with Crippen LogP contribution in [0.5, 0.6) is 0 Å². The summed E-state index contributed by atoms with van der Waals surface area (Å²) in [7, 11) is 0. The number of fused-ring (bicyclic) bond motifs is 1. The Morgan fingerprint density at radius 2 is 1.69 bits per heavy atom. The average Bonchev–Trinajstić information content (AvgIpc) is 2.72. The Labute approximate surface area is 95.4 Å². The quantitative estimate of drug-likeness (QED) is 0.690. The van der Waals surface area contributed by atoms with Crippen molar-refractivity contribution in [3.63, 3.8) is 0 Å². The van der Waals surface area contributed by atoms with Crippen molar-refractivity contribution in [3.05, 3.63) is 66.0 Å². The van der Waals surface area contributed by atoms with Crippen LogP contribution in [-0.2, 0) is 6.42 Å². The Balaban J connectivity index is 0.00000108. The Hall–Kier alpha value is -2.09. The number of H-pyrrole nitrogens is 1. The third kappa shape index (κ3) is 1.70. The topological polar surface area (TPSA) is 28.7 Å². The van der Waals surface area contributed by atoms with Gasteiger partial charge in [0.15, 0.2) is 0 Å². The molecule has 3 aromatic rings. The summed E-state index contributed by atoms with van der Waals surface area (Å²) in [6.45, 7) is 0. The number of benzene rings is 2. The van der Waals surface area contributed by atoms with Crippen molar-refractivity contribution in [1.82, 2.24) is 9.97 Å². The number of aromatic nitrogens is 2. The molecule has 0 saturated heterocycles. The van der Waals surface area contributed by atoms with Crippen molar-refractivity contribution in [1.29, 1.82) is 0 Å². The van der Waals surface area contributed by atoms with Crippen LogP contribution in [0.15, 0.2) is 54.6 Å². The Morgan fingerprint density at radius 1 is 0.938 bits per heavy atom. The highest BCUT2D eigenvalue weighted by molar-refractivity contribution is 5.74. The van der Waals surface area contributed by atoms with Crippen molar-refractivity contribution < 1.29 is 1.43 Å². The van der Waals surface area contributed by atoms with Gasteiger partial charge in [-0.2, -0.15) is 0 Å². The molecule has 1 aromatic heterocycles. The second kappa shape index (κ2) is 3.81. The fraction of sp³-hybridized carbons (Fsp3) is 0.0714. The molecule has 0 radical (unpaired) electrons. The molecule has 0 spiro atoms. The number of nitrogens with zero attached hydrogens (tertiary/aromatic N) is 1. The van der Waals surface area contributed by atoms with Gasteiger partial charge in [-0.1, -0.05) is 42.5 Å². The van der Waals surface area contributed by atoms with Crippen LogP contribution < -0.4 is 0 Å². The third-order valence-electron chi connectivity index (χ3n) is 2.65. The fourth-order valence-corrected chi connectivity index (χ4v) is 1.88. The van der Waals surface area contributed by atoms with Gasteiger partial charge in [-0.3, -0.25) is 0 Å². The summed E-state index contributed by atoms with van der Waals surface area (Å²) in [4.78, 5) is 7.89. The molecule has 0 aliphatic heterocycles. The minimum atomic E-state index is 0. The van der Waals surface area contributed by atoms with Gasteiger partial charge in [-0.05, 0) is 17.7 Å². The van der Waals surface area contributed by atoms with Gasteiger partial charge in [0.05, 0.1) is 11.0 Å². The lowest BCUT2D eigenvalue weighted by atomic mass is 10.1. The minimum Gasteiger partial charge on any atom is -0.342 e. The lowest BCUT2D eigenvalue weighted by Gasteiger charge is -1.96. The van der Waals surface area contributed by atoms with Crippen LogP contribution >= 0.6 is 0 Å². The molecule has 0 saturated carbocycles. The second-order valence-corrected chi connectivity index (χ2v) is 3.86. The number of para-hydroxylation sites is 2. The van der Waals surface area contributed by atoms with E-state index in [2.05, 4.69) is 40.3 Å². The molecule has 0 fully saturated rings. The summed E-state index contributed by atoms with van der Waals surface area (Å²) >= 11 is 0. The molecule has 1 N–H and O–H groups in total. The predicted molar refractivity (Wildman–Crippen MR) is 67.5 cm³/mol. The molecule has 0 amide bonds. The highest BCUT2D eigenvalue weighted by atomic mass is 14.9. The van der Waals surface area contributed by atoms with Crippen LogP contribution in [-0.4, -0.2) is 9.97 Å². The maximum atomic E-state index is 4.55. The second-order valence-electron chi connectivity index (χ2n) is 3.86. The van der Waals surface area contributed by atoms with Crippen LogP contribution in [0, 0.1) is 0 Å². The van der Waals surface area contributed by atoms with Gasteiger partial charge in [0.2, 0.25) is 0 Å². The molecule has 80 valence electrons. The summed E-state index contributed by atoms with van der Waals surface area (Å²) in [6, 6.07) is 18.5. The van der Waals surface area contributed by atoms with E-state index in [1.165, 1.54) is 5.56 Å². The van der Waals surface area contributed by atoms with Crippen LogP contribution in [0.3, 0.4) is 0 Å². The van der Waals surface area contributed by atoms with Gasteiger partial charge >= 0.3 is 0 Å². The van der Waals surface area contributed by atoms with Crippen molar-refractivity contribution in [3.8, 4) is 0 Å². The van der Waals surface area contributed by atoms with Crippen LogP contribution in [0.1, 0.15) is 12.8 Å². The number of hydrogen-bond donors (Lipinski definition) is 1. The van der Waals surface area contributed by atoms with Crippen LogP contribution in [0.4, 0.5) is 0 Å². The highest BCUT2D eigenvalue weighted by Gasteiger charge is 2.02.